The Balaban J connectivity index is 2.13. The van der Waals surface area contributed by atoms with Crippen LogP contribution in [-0.2, 0) is 0 Å². The van der Waals surface area contributed by atoms with Crippen LogP contribution in [0.2, 0.25) is 0 Å². The van der Waals surface area contributed by atoms with Crippen LogP contribution in [0.15, 0.2) is 12.1 Å². The largest absolute Gasteiger partial charge is 0.488 e. The predicted molar refractivity (Wildman–Crippen MR) is 81.6 cm³/mol. The quantitative estimate of drug-likeness (QED) is 0.795. The molecule has 1 saturated carbocycles. The van der Waals surface area contributed by atoms with Crippen molar-refractivity contribution in [2.24, 2.45) is 5.92 Å². The van der Waals surface area contributed by atoms with E-state index < -0.39 is 5.82 Å². The molecule has 112 valence electrons. The summed E-state index contributed by atoms with van der Waals surface area (Å²) in [5, 5.41) is 3.42. The van der Waals surface area contributed by atoms with E-state index in [9.17, 15) is 4.39 Å². The number of hydrogen-bond donors (Lipinski definition) is 2. The van der Waals surface area contributed by atoms with Gasteiger partial charge < -0.3 is 15.8 Å². The number of ether oxygens (including phenoxy) is 1. The summed E-state index contributed by atoms with van der Waals surface area (Å²) in [7, 11) is 0. The monoisotopic (exact) mass is 280 g/mol. The van der Waals surface area contributed by atoms with Crippen molar-refractivity contribution in [1.29, 1.82) is 0 Å². The Hall–Kier alpha value is -1.45. The van der Waals surface area contributed by atoms with Crippen molar-refractivity contribution in [3.63, 3.8) is 0 Å². The van der Waals surface area contributed by atoms with Crippen LogP contribution in [-0.4, -0.2) is 12.1 Å². The van der Waals surface area contributed by atoms with E-state index >= 15 is 0 Å². The Morgan fingerprint density at radius 1 is 1.25 bits per heavy atom. The minimum atomic E-state index is -0.407. The standard InChI is InChI=1S/C16H25FN2O/c1-10(2)20-16-9-15(14(18)8-13(16)17)19-11(3)12-6-4-5-7-12/h8-12,19H,4-7,18H2,1-3H3. The highest BCUT2D eigenvalue weighted by molar-refractivity contribution is 5.69. The maximum absolute atomic E-state index is 13.8. The van der Waals surface area contributed by atoms with Gasteiger partial charge in [0, 0.05) is 18.2 Å². The Bertz CT molecular complexity index is 456. The maximum Gasteiger partial charge on any atom is 0.167 e. The van der Waals surface area contributed by atoms with E-state index in [1.165, 1.54) is 31.7 Å². The molecule has 0 bridgehead atoms. The van der Waals surface area contributed by atoms with Crippen molar-refractivity contribution < 1.29 is 9.13 Å². The summed E-state index contributed by atoms with van der Waals surface area (Å²) in [5.41, 5.74) is 7.11. The molecule has 1 aliphatic rings. The summed E-state index contributed by atoms with van der Waals surface area (Å²) in [6.45, 7) is 5.93. The van der Waals surface area contributed by atoms with Crippen LogP contribution in [0.1, 0.15) is 46.5 Å². The minimum Gasteiger partial charge on any atom is -0.488 e. The molecule has 0 aromatic heterocycles. The Morgan fingerprint density at radius 2 is 1.90 bits per heavy atom. The highest BCUT2D eigenvalue weighted by Gasteiger charge is 2.22. The third kappa shape index (κ3) is 3.56. The molecule has 0 amide bonds. The van der Waals surface area contributed by atoms with Crippen LogP contribution in [0.3, 0.4) is 0 Å². The van der Waals surface area contributed by atoms with Gasteiger partial charge in [0.1, 0.15) is 0 Å². The summed E-state index contributed by atoms with van der Waals surface area (Å²) in [4.78, 5) is 0. The van der Waals surface area contributed by atoms with Crippen molar-refractivity contribution in [2.75, 3.05) is 11.1 Å². The molecule has 1 fully saturated rings. The second kappa shape index (κ2) is 6.33. The van der Waals surface area contributed by atoms with Gasteiger partial charge in [0.05, 0.1) is 17.5 Å². The average Bonchev–Trinajstić information content (AvgIpc) is 2.88. The third-order valence-electron chi connectivity index (χ3n) is 3.96. The second-order valence-corrected chi connectivity index (χ2v) is 6.01. The number of halogens is 1. The zero-order valence-corrected chi connectivity index (χ0v) is 12.6. The summed E-state index contributed by atoms with van der Waals surface area (Å²) in [6.07, 6.45) is 5.05. The van der Waals surface area contributed by atoms with Crippen LogP contribution in [0.25, 0.3) is 0 Å². The van der Waals surface area contributed by atoms with Crippen LogP contribution in [0.4, 0.5) is 15.8 Å². The van der Waals surface area contributed by atoms with Gasteiger partial charge in [-0.25, -0.2) is 4.39 Å². The molecule has 1 aromatic carbocycles. The van der Waals surface area contributed by atoms with Gasteiger partial charge in [0.25, 0.3) is 0 Å². The van der Waals surface area contributed by atoms with Crippen molar-refractivity contribution >= 4 is 11.4 Å². The number of nitrogens with two attached hydrogens (primary N) is 1. The number of nitrogen functional groups attached to an aromatic ring is 1. The highest BCUT2D eigenvalue weighted by atomic mass is 19.1. The molecule has 1 atom stereocenters. The normalized spacial score (nSPS) is 17.4. The van der Waals surface area contributed by atoms with E-state index in [1.54, 1.807) is 6.07 Å². The Morgan fingerprint density at radius 3 is 2.50 bits per heavy atom. The Labute approximate surface area is 120 Å². The summed E-state index contributed by atoms with van der Waals surface area (Å²) in [5.74, 6) is 0.527. The molecular weight excluding hydrogens is 255 g/mol. The zero-order valence-electron chi connectivity index (χ0n) is 12.6. The molecule has 0 spiro atoms. The number of hydrogen-bond acceptors (Lipinski definition) is 3. The van der Waals surface area contributed by atoms with E-state index in [4.69, 9.17) is 10.5 Å². The lowest BCUT2D eigenvalue weighted by Gasteiger charge is -2.23. The van der Waals surface area contributed by atoms with Crippen LogP contribution < -0.4 is 15.8 Å². The van der Waals surface area contributed by atoms with Gasteiger partial charge in [0.2, 0.25) is 0 Å². The molecule has 4 heteroatoms. The van der Waals surface area contributed by atoms with Gasteiger partial charge in [-0.1, -0.05) is 12.8 Å². The zero-order chi connectivity index (χ0) is 14.7. The van der Waals surface area contributed by atoms with Crippen LogP contribution >= 0.6 is 0 Å². The number of rotatable bonds is 5. The fourth-order valence-electron chi connectivity index (χ4n) is 2.86. The maximum atomic E-state index is 13.8. The number of nitrogens with one attached hydrogen (secondary N) is 1. The lowest BCUT2D eigenvalue weighted by Crippen LogP contribution is -2.24. The summed E-state index contributed by atoms with van der Waals surface area (Å²) >= 11 is 0. The Kier molecular flexibility index (Phi) is 4.73. The summed E-state index contributed by atoms with van der Waals surface area (Å²) < 4.78 is 19.3. The van der Waals surface area contributed by atoms with Crippen LogP contribution in [0, 0.1) is 11.7 Å². The molecule has 2 rings (SSSR count). The average molecular weight is 280 g/mol. The molecule has 0 radical (unpaired) electrons. The third-order valence-corrected chi connectivity index (χ3v) is 3.96. The van der Waals surface area contributed by atoms with Gasteiger partial charge in [0.15, 0.2) is 11.6 Å². The molecule has 0 saturated heterocycles. The summed E-state index contributed by atoms with van der Waals surface area (Å²) in [6, 6.07) is 3.36. The lowest BCUT2D eigenvalue weighted by molar-refractivity contribution is 0.231. The number of benzene rings is 1. The van der Waals surface area contributed by atoms with Crippen LogP contribution in [0.5, 0.6) is 5.75 Å². The minimum absolute atomic E-state index is 0.0618. The van der Waals surface area contributed by atoms with Gasteiger partial charge in [-0.3, -0.25) is 0 Å². The van der Waals surface area contributed by atoms with Crippen molar-refractivity contribution in [2.45, 2.75) is 58.6 Å². The van der Waals surface area contributed by atoms with Crippen molar-refractivity contribution in [3.8, 4) is 5.75 Å². The molecule has 1 aromatic rings. The van der Waals surface area contributed by atoms with Gasteiger partial charge in [-0.05, 0) is 39.5 Å². The molecule has 20 heavy (non-hydrogen) atoms. The first kappa shape index (κ1) is 14.9. The van der Waals surface area contributed by atoms with E-state index in [-0.39, 0.29) is 11.9 Å². The predicted octanol–water partition coefficient (Wildman–Crippen LogP) is 4.19. The van der Waals surface area contributed by atoms with E-state index in [2.05, 4.69) is 12.2 Å². The topological polar surface area (TPSA) is 47.3 Å². The SMILES string of the molecule is CC(C)Oc1cc(NC(C)C2CCCC2)c(N)cc1F. The van der Waals surface area contributed by atoms with Crippen molar-refractivity contribution in [1.82, 2.24) is 0 Å². The highest BCUT2D eigenvalue weighted by Crippen LogP contribution is 2.33. The van der Waals surface area contributed by atoms with Gasteiger partial charge >= 0.3 is 0 Å². The first-order chi connectivity index (χ1) is 9.47. The molecule has 1 unspecified atom stereocenters. The molecule has 3 N–H and O–H groups in total. The first-order valence-corrected chi connectivity index (χ1v) is 7.49. The van der Waals surface area contributed by atoms with E-state index in [0.717, 1.165) is 5.69 Å². The lowest BCUT2D eigenvalue weighted by atomic mass is 9.99. The van der Waals surface area contributed by atoms with E-state index in [1.807, 2.05) is 13.8 Å². The van der Waals surface area contributed by atoms with Gasteiger partial charge in [-0.2, -0.15) is 0 Å². The number of anilines is 2. The fourth-order valence-corrected chi connectivity index (χ4v) is 2.86. The van der Waals surface area contributed by atoms with Gasteiger partial charge in [-0.15, -0.1) is 0 Å². The second-order valence-electron chi connectivity index (χ2n) is 6.01. The van der Waals surface area contributed by atoms with Crippen molar-refractivity contribution in [3.05, 3.63) is 17.9 Å². The smallest absolute Gasteiger partial charge is 0.167 e. The molecule has 1 aliphatic carbocycles. The fraction of sp³-hybridized carbons (Fsp3) is 0.625. The molecule has 3 nitrogen and oxygen atoms in total. The molecule has 0 heterocycles. The molecular formula is C16H25FN2O. The molecule has 0 aliphatic heterocycles. The van der Waals surface area contributed by atoms with E-state index in [0.29, 0.717) is 17.6 Å². The first-order valence-electron chi connectivity index (χ1n) is 7.49.